The monoisotopic (exact) mass is 360 g/mol. The Labute approximate surface area is 161 Å². The molecule has 1 saturated heterocycles. The van der Waals surface area contributed by atoms with Crippen LogP contribution >= 0.6 is 0 Å². The smallest absolute Gasteiger partial charge is 0.0655 e. The Morgan fingerprint density at radius 2 is 1.93 bits per heavy atom. The number of benzene rings is 1. The normalized spacial score (nSPS) is 16.5. The molecule has 4 nitrogen and oxygen atoms in total. The quantitative estimate of drug-likeness (QED) is 0.725. The van der Waals surface area contributed by atoms with Gasteiger partial charge < -0.3 is 10.6 Å². The molecule has 0 saturated carbocycles. The molecule has 1 aromatic carbocycles. The average Bonchev–Trinajstić information content (AvgIpc) is 2.70. The zero-order valence-electron chi connectivity index (χ0n) is 16.2. The van der Waals surface area contributed by atoms with Crippen molar-refractivity contribution < 1.29 is 0 Å². The van der Waals surface area contributed by atoms with Crippen LogP contribution in [0.2, 0.25) is 0 Å². The molecule has 1 unspecified atom stereocenters. The molecule has 0 aliphatic carbocycles. The molecule has 2 aromatic heterocycles. The molecule has 3 heterocycles. The zero-order valence-corrected chi connectivity index (χ0v) is 16.2. The molecule has 1 aliphatic heterocycles. The Kier molecular flexibility index (Phi) is 5.46. The standard InChI is InChI=1S/C23H28N4/c1-16-13-17(2)21(26-15-16)14-22(27-19-8-10-24-11-9-19)23-20-6-4-3-5-18(20)7-12-25-23/h3-7,12-13,15,19,22,24,27H,8-11,14H2,1-2H3. The molecule has 3 aromatic rings. The molecule has 4 rings (SSSR count). The Balaban J connectivity index is 1.70. The third-order valence-corrected chi connectivity index (χ3v) is 5.53. The summed E-state index contributed by atoms with van der Waals surface area (Å²) in [6.07, 6.45) is 7.07. The third-order valence-electron chi connectivity index (χ3n) is 5.53. The molecule has 1 fully saturated rings. The van der Waals surface area contributed by atoms with Crippen LogP contribution in [0.15, 0.2) is 48.8 Å². The minimum absolute atomic E-state index is 0.160. The molecular weight excluding hydrogens is 332 g/mol. The van der Waals surface area contributed by atoms with Crippen LogP contribution < -0.4 is 10.6 Å². The van der Waals surface area contributed by atoms with Gasteiger partial charge in [0.1, 0.15) is 0 Å². The van der Waals surface area contributed by atoms with Crippen LogP contribution in [0.25, 0.3) is 10.8 Å². The molecule has 0 spiro atoms. The lowest BCUT2D eigenvalue weighted by molar-refractivity contribution is 0.345. The topological polar surface area (TPSA) is 49.8 Å². The van der Waals surface area contributed by atoms with E-state index in [1.807, 2.05) is 12.4 Å². The second kappa shape index (κ2) is 8.15. The molecule has 2 N–H and O–H groups in total. The SMILES string of the molecule is Cc1cnc(CC(NC2CCNCC2)c2nccc3ccccc23)c(C)c1. The van der Waals surface area contributed by atoms with Crippen molar-refractivity contribution in [3.63, 3.8) is 0 Å². The van der Waals surface area contributed by atoms with Crippen molar-refractivity contribution >= 4 is 10.8 Å². The molecule has 4 heteroatoms. The van der Waals surface area contributed by atoms with E-state index in [2.05, 4.69) is 60.9 Å². The molecular formula is C23H28N4. The summed E-state index contributed by atoms with van der Waals surface area (Å²) in [6.45, 7) is 6.42. The predicted molar refractivity (Wildman–Crippen MR) is 111 cm³/mol. The highest BCUT2D eigenvalue weighted by Gasteiger charge is 2.23. The van der Waals surface area contributed by atoms with E-state index in [0.29, 0.717) is 6.04 Å². The van der Waals surface area contributed by atoms with E-state index in [9.17, 15) is 0 Å². The predicted octanol–water partition coefficient (Wildman–Crippen LogP) is 3.87. The maximum absolute atomic E-state index is 4.81. The molecule has 1 atom stereocenters. The van der Waals surface area contributed by atoms with E-state index < -0.39 is 0 Å². The Hall–Kier alpha value is -2.30. The Morgan fingerprint density at radius 1 is 1.11 bits per heavy atom. The van der Waals surface area contributed by atoms with Crippen molar-refractivity contribution in [1.82, 2.24) is 20.6 Å². The number of aryl methyl sites for hydroxylation is 2. The van der Waals surface area contributed by atoms with Gasteiger partial charge in [-0.2, -0.15) is 0 Å². The van der Waals surface area contributed by atoms with E-state index in [1.54, 1.807) is 0 Å². The molecule has 1 aliphatic rings. The van der Waals surface area contributed by atoms with E-state index >= 15 is 0 Å². The number of pyridine rings is 2. The van der Waals surface area contributed by atoms with Crippen LogP contribution in [-0.4, -0.2) is 29.1 Å². The average molecular weight is 361 g/mol. The lowest BCUT2D eigenvalue weighted by Crippen LogP contribution is -2.42. The first-order chi connectivity index (χ1) is 13.2. The number of aromatic nitrogens is 2. The second-order valence-electron chi connectivity index (χ2n) is 7.64. The molecule has 0 bridgehead atoms. The Morgan fingerprint density at radius 3 is 2.74 bits per heavy atom. The molecule has 0 amide bonds. The van der Waals surface area contributed by atoms with Gasteiger partial charge >= 0.3 is 0 Å². The first kappa shape index (κ1) is 18.1. The Bertz CT molecular complexity index is 910. The van der Waals surface area contributed by atoms with Gasteiger partial charge in [0.25, 0.3) is 0 Å². The van der Waals surface area contributed by atoms with Gasteiger partial charge in [-0.15, -0.1) is 0 Å². The largest absolute Gasteiger partial charge is 0.317 e. The number of hydrogen-bond donors (Lipinski definition) is 2. The van der Waals surface area contributed by atoms with Crippen LogP contribution in [0.4, 0.5) is 0 Å². The van der Waals surface area contributed by atoms with E-state index in [4.69, 9.17) is 9.97 Å². The van der Waals surface area contributed by atoms with Crippen molar-refractivity contribution in [3.05, 3.63) is 71.3 Å². The van der Waals surface area contributed by atoms with Gasteiger partial charge in [-0.1, -0.05) is 30.3 Å². The van der Waals surface area contributed by atoms with E-state index in [-0.39, 0.29) is 6.04 Å². The number of nitrogens with one attached hydrogen (secondary N) is 2. The fraction of sp³-hybridized carbons (Fsp3) is 0.391. The van der Waals surface area contributed by atoms with Crippen LogP contribution in [0, 0.1) is 13.8 Å². The van der Waals surface area contributed by atoms with Crippen LogP contribution in [0.3, 0.4) is 0 Å². The van der Waals surface area contributed by atoms with Gasteiger partial charge in [0.05, 0.1) is 11.7 Å². The zero-order chi connectivity index (χ0) is 18.6. The fourth-order valence-electron chi connectivity index (χ4n) is 4.08. The maximum Gasteiger partial charge on any atom is 0.0655 e. The molecule has 140 valence electrons. The number of piperidine rings is 1. The molecule has 27 heavy (non-hydrogen) atoms. The van der Waals surface area contributed by atoms with Crippen molar-refractivity contribution in [3.8, 4) is 0 Å². The number of nitrogens with zero attached hydrogens (tertiary/aromatic N) is 2. The lowest BCUT2D eigenvalue weighted by atomic mass is 9.96. The van der Waals surface area contributed by atoms with Gasteiger partial charge in [0.15, 0.2) is 0 Å². The van der Waals surface area contributed by atoms with E-state index in [0.717, 1.165) is 43.7 Å². The van der Waals surface area contributed by atoms with Crippen molar-refractivity contribution in [2.75, 3.05) is 13.1 Å². The van der Waals surface area contributed by atoms with Crippen LogP contribution in [0.5, 0.6) is 0 Å². The van der Waals surface area contributed by atoms with Gasteiger partial charge in [0, 0.05) is 35.9 Å². The summed E-state index contributed by atoms with van der Waals surface area (Å²) in [5.74, 6) is 0. The summed E-state index contributed by atoms with van der Waals surface area (Å²) < 4.78 is 0. The second-order valence-corrected chi connectivity index (χ2v) is 7.64. The summed E-state index contributed by atoms with van der Waals surface area (Å²) in [6, 6.07) is 13.5. The summed E-state index contributed by atoms with van der Waals surface area (Å²) in [7, 11) is 0. The van der Waals surface area contributed by atoms with Crippen molar-refractivity contribution in [1.29, 1.82) is 0 Å². The number of fused-ring (bicyclic) bond motifs is 1. The van der Waals surface area contributed by atoms with Crippen molar-refractivity contribution in [2.45, 2.75) is 45.2 Å². The highest BCUT2D eigenvalue weighted by molar-refractivity contribution is 5.84. The van der Waals surface area contributed by atoms with Gasteiger partial charge in [-0.3, -0.25) is 9.97 Å². The summed E-state index contributed by atoms with van der Waals surface area (Å²) >= 11 is 0. The third kappa shape index (κ3) is 4.18. The first-order valence-corrected chi connectivity index (χ1v) is 9.93. The highest BCUT2D eigenvalue weighted by atomic mass is 15.0. The van der Waals surface area contributed by atoms with E-state index in [1.165, 1.54) is 21.9 Å². The summed E-state index contributed by atoms with van der Waals surface area (Å²) in [4.78, 5) is 9.55. The van der Waals surface area contributed by atoms with Gasteiger partial charge in [-0.25, -0.2) is 0 Å². The fourth-order valence-corrected chi connectivity index (χ4v) is 4.08. The molecule has 0 radical (unpaired) electrons. The van der Waals surface area contributed by atoms with Crippen LogP contribution in [-0.2, 0) is 6.42 Å². The van der Waals surface area contributed by atoms with Crippen molar-refractivity contribution in [2.24, 2.45) is 0 Å². The minimum atomic E-state index is 0.160. The van der Waals surface area contributed by atoms with Gasteiger partial charge in [0.2, 0.25) is 0 Å². The number of hydrogen-bond acceptors (Lipinski definition) is 4. The first-order valence-electron chi connectivity index (χ1n) is 9.93. The highest BCUT2D eigenvalue weighted by Crippen LogP contribution is 2.26. The minimum Gasteiger partial charge on any atom is -0.317 e. The van der Waals surface area contributed by atoms with Gasteiger partial charge in [-0.05, 0) is 62.4 Å². The maximum atomic E-state index is 4.81. The summed E-state index contributed by atoms with van der Waals surface area (Å²) in [5.41, 5.74) is 4.75. The van der Waals surface area contributed by atoms with Crippen LogP contribution in [0.1, 0.15) is 41.4 Å². The number of rotatable bonds is 5. The lowest BCUT2D eigenvalue weighted by Gasteiger charge is -2.29. The summed E-state index contributed by atoms with van der Waals surface area (Å²) in [5, 5.41) is 9.84.